The molecule has 0 saturated carbocycles. The second-order valence-electron chi connectivity index (χ2n) is 7.04. The Hall–Kier alpha value is -2.97. The van der Waals surface area contributed by atoms with Gasteiger partial charge in [-0.05, 0) is 35.7 Å². The van der Waals surface area contributed by atoms with Crippen molar-refractivity contribution in [3.63, 3.8) is 0 Å². The van der Waals surface area contributed by atoms with E-state index in [0.717, 1.165) is 16.7 Å². The lowest BCUT2D eigenvalue weighted by atomic mass is 9.95. The highest BCUT2D eigenvalue weighted by molar-refractivity contribution is 5.84. The van der Waals surface area contributed by atoms with E-state index in [1.165, 1.54) is 14.0 Å². The summed E-state index contributed by atoms with van der Waals surface area (Å²) in [6.07, 6.45) is -1.45. The number of aliphatic hydroxyl groups excluding tert-OH is 1. The zero-order chi connectivity index (χ0) is 21.6. The molecule has 0 unspecified atom stereocenters. The number of hydrogen-bond acceptors (Lipinski definition) is 6. The van der Waals surface area contributed by atoms with Crippen LogP contribution in [0.5, 0.6) is 0 Å². The van der Waals surface area contributed by atoms with Gasteiger partial charge in [-0.2, -0.15) is 0 Å². The van der Waals surface area contributed by atoms with Crippen molar-refractivity contribution in [1.82, 2.24) is 5.48 Å². The Labute approximate surface area is 174 Å². The lowest BCUT2D eigenvalue weighted by Crippen LogP contribution is -2.49. The predicted molar refractivity (Wildman–Crippen MR) is 109 cm³/mol. The fourth-order valence-electron chi connectivity index (χ4n) is 3.07. The fourth-order valence-corrected chi connectivity index (χ4v) is 3.07. The SMILES string of the molecule is COCc1ccc([C@H](O)[C@](C)(OCc2ccc(-c3ccccc3)cc2)C(=O)NO)o1. The molecule has 30 heavy (non-hydrogen) atoms. The molecule has 3 rings (SSSR count). The summed E-state index contributed by atoms with van der Waals surface area (Å²) in [5.41, 5.74) is 2.73. The van der Waals surface area contributed by atoms with Crippen LogP contribution in [0.15, 0.2) is 71.1 Å². The Balaban J connectivity index is 1.75. The zero-order valence-electron chi connectivity index (χ0n) is 16.9. The Kier molecular flexibility index (Phi) is 7.02. The second-order valence-corrected chi connectivity index (χ2v) is 7.04. The molecule has 1 amide bonds. The first-order valence-corrected chi connectivity index (χ1v) is 9.46. The summed E-state index contributed by atoms with van der Waals surface area (Å²) in [5.74, 6) is -0.261. The molecule has 3 aromatic rings. The second kappa shape index (κ2) is 9.69. The molecule has 2 atom stereocenters. The van der Waals surface area contributed by atoms with E-state index >= 15 is 0 Å². The Bertz CT molecular complexity index is 953. The average molecular weight is 411 g/mol. The van der Waals surface area contributed by atoms with Gasteiger partial charge in [0.2, 0.25) is 0 Å². The maximum absolute atomic E-state index is 12.3. The third kappa shape index (κ3) is 4.77. The van der Waals surface area contributed by atoms with Gasteiger partial charge in [0, 0.05) is 7.11 Å². The maximum atomic E-state index is 12.3. The number of methoxy groups -OCH3 is 1. The molecule has 3 N–H and O–H groups in total. The van der Waals surface area contributed by atoms with E-state index in [9.17, 15) is 15.1 Å². The number of hydroxylamine groups is 1. The molecule has 0 spiro atoms. The van der Waals surface area contributed by atoms with Gasteiger partial charge in [0.1, 0.15) is 24.2 Å². The number of benzene rings is 2. The number of nitrogens with one attached hydrogen (secondary N) is 1. The molecule has 0 aliphatic rings. The Morgan fingerprint density at radius 1 is 1.03 bits per heavy atom. The third-order valence-corrected chi connectivity index (χ3v) is 4.91. The molecule has 1 heterocycles. The minimum Gasteiger partial charge on any atom is -0.461 e. The van der Waals surface area contributed by atoms with Gasteiger partial charge in [-0.25, -0.2) is 5.48 Å². The number of hydrogen-bond donors (Lipinski definition) is 3. The molecule has 7 heteroatoms. The first kappa shape index (κ1) is 21.7. The lowest BCUT2D eigenvalue weighted by Gasteiger charge is -2.31. The van der Waals surface area contributed by atoms with Crippen LogP contribution in [-0.2, 0) is 27.5 Å². The van der Waals surface area contributed by atoms with Gasteiger partial charge in [-0.15, -0.1) is 0 Å². The standard InChI is InChI=1S/C23H25NO6/c1-23(22(26)24-27,21(25)20-13-12-19(30-20)15-28-2)29-14-16-8-10-18(11-9-16)17-6-4-3-5-7-17/h3-13,21,25,27H,14-15H2,1-2H3,(H,24,26)/t21-,23-/m0/s1. The van der Waals surface area contributed by atoms with E-state index in [0.29, 0.717) is 5.76 Å². The van der Waals surface area contributed by atoms with E-state index in [1.807, 2.05) is 54.6 Å². The molecule has 0 aliphatic carbocycles. The highest BCUT2D eigenvalue weighted by Gasteiger charge is 2.44. The number of rotatable bonds is 9. The molecule has 0 bridgehead atoms. The summed E-state index contributed by atoms with van der Waals surface area (Å²) in [7, 11) is 1.52. The minimum absolute atomic E-state index is 0.0433. The summed E-state index contributed by atoms with van der Waals surface area (Å²) in [5, 5.41) is 19.9. The number of furan rings is 1. The van der Waals surface area contributed by atoms with Crippen LogP contribution in [0.3, 0.4) is 0 Å². The summed E-state index contributed by atoms with van der Waals surface area (Å²) in [6.45, 7) is 1.66. The van der Waals surface area contributed by atoms with Crippen molar-refractivity contribution in [3.8, 4) is 11.1 Å². The molecule has 2 aromatic carbocycles. The van der Waals surface area contributed by atoms with Crippen LogP contribution < -0.4 is 5.48 Å². The molecule has 0 radical (unpaired) electrons. The predicted octanol–water partition coefficient (Wildman–Crippen LogP) is 3.61. The number of carbonyl (C=O) groups is 1. The summed E-state index contributed by atoms with van der Waals surface area (Å²) >= 11 is 0. The van der Waals surface area contributed by atoms with Gasteiger partial charge in [0.05, 0.1) is 6.61 Å². The number of amides is 1. The molecular formula is C23H25NO6. The van der Waals surface area contributed by atoms with Gasteiger partial charge in [0.15, 0.2) is 5.60 Å². The van der Waals surface area contributed by atoms with E-state index in [1.54, 1.807) is 17.6 Å². The summed E-state index contributed by atoms with van der Waals surface area (Å²) in [4.78, 5) is 12.3. The van der Waals surface area contributed by atoms with E-state index < -0.39 is 17.6 Å². The van der Waals surface area contributed by atoms with E-state index in [-0.39, 0.29) is 19.0 Å². The van der Waals surface area contributed by atoms with Crippen LogP contribution in [0.25, 0.3) is 11.1 Å². The van der Waals surface area contributed by atoms with Gasteiger partial charge in [-0.1, -0.05) is 54.6 Å². The van der Waals surface area contributed by atoms with Crippen molar-refractivity contribution >= 4 is 5.91 Å². The molecule has 0 aliphatic heterocycles. The topological polar surface area (TPSA) is 101 Å². The van der Waals surface area contributed by atoms with E-state index in [2.05, 4.69) is 0 Å². The molecule has 0 saturated heterocycles. The van der Waals surface area contributed by atoms with Crippen LogP contribution in [-0.4, -0.2) is 28.9 Å². The van der Waals surface area contributed by atoms with Gasteiger partial charge in [-0.3, -0.25) is 10.0 Å². The monoisotopic (exact) mass is 411 g/mol. The number of carbonyl (C=O) groups excluding carboxylic acids is 1. The summed E-state index contributed by atoms with van der Waals surface area (Å²) < 4.78 is 16.3. The minimum atomic E-state index is -1.78. The number of aliphatic hydroxyl groups is 1. The van der Waals surface area contributed by atoms with Crippen LogP contribution >= 0.6 is 0 Å². The van der Waals surface area contributed by atoms with Crippen molar-refractivity contribution in [3.05, 3.63) is 83.8 Å². The maximum Gasteiger partial charge on any atom is 0.278 e. The third-order valence-electron chi connectivity index (χ3n) is 4.91. The lowest BCUT2D eigenvalue weighted by molar-refractivity contribution is -0.175. The largest absolute Gasteiger partial charge is 0.461 e. The first-order chi connectivity index (χ1) is 14.5. The molecule has 1 aromatic heterocycles. The van der Waals surface area contributed by atoms with Crippen molar-refractivity contribution in [2.75, 3.05) is 7.11 Å². The van der Waals surface area contributed by atoms with Crippen LogP contribution in [0.1, 0.15) is 30.1 Å². The molecule has 158 valence electrons. The highest BCUT2D eigenvalue weighted by atomic mass is 16.5. The quantitative estimate of drug-likeness (QED) is 0.367. The van der Waals surface area contributed by atoms with Gasteiger partial charge < -0.3 is 19.0 Å². The molecule has 0 fully saturated rings. The van der Waals surface area contributed by atoms with E-state index in [4.69, 9.17) is 13.9 Å². The zero-order valence-corrected chi connectivity index (χ0v) is 16.9. The van der Waals surface area contributed by atoms with Crippen LogP contribution in [0.4, 0.5) is 0 Å². The fraction of sp³-hybridized carbons (Fsp3) is 0.261. The normalized spacial score (nSPS) is 14.1. The van der Waals surface area contributed by atoms with Crippen molar-refractivity contribution < 1.29 is 29.0 Å². The molecule has 7 nitrogen and oxygen atoms in total. The first-order valence-electron chi connectivity index (χ1n) is 9.46. The van der Waals surface area contributed by atoms with Crippen LogP contribution in [0.2, 0.25) is 0 Å². The van der Waals surface area contributed by atoms with Gasteiger partial charge >= 0.3 is 0 Å². The van der Waals surface area contributed by atoms with Crippen molar-refractivity contribution in [2.45, 2.75) is 31.8 Å². The van der Waals surface area contributed by atoms with Crippen molar-refractivity contribution in [1.29, 1.82) is 0 Å². The highest BCUT2D eigenvalue weighted by Crippen LogP contribution is 2.32. The summed E-state index contributed by atoms with van der Waals surface area (Å²) in [6, 6.07) is 20.8. The smallest absolute Gasteiger partial charge is 0.278 e. The van der Waals surface area contributed by atoms with Gasteiger partial charge in [0.25, 0.3) is 5.91 Å². The Morgan fingerprint density at radius 3 is 2.33 bits per heavy atom. The van der Waals surface area contributed by atoms with Crippen molar-refractivity contribution in [2.24, 2.45) is 0 Å². The molecular weight excluding hydrogens is 386 g/mol. The Morgan fingerprint density at radius 2 is 1.70 bits per heavy atom. The van der Waals surface area contributed by atoms with Crippen LogP contribution in [0, 0.1) is 0 Å². The average Bonchev–Trinajstić information content (AvgIpc) is 3.26. The number of ether oxygens (including phenoxy) is 2.